The summed E-state index contributed by atoms with van der Waals surface area (Å²) in [5.41, 5.74) is 0. The maximum Gasteiger partial charge on any atom is 0.220 e. The zero-order valence-electron chi connectivity index (χ0n) is 35.9. The molecule has 0 spiro atoms. The first-order valence-electron chi connectivity index (χ1n) is 22.4. The van der Waals surface area contributed by atoms with Gasteiger partial charge in [-0.15, -0.1) is 0 Å². The molecule has 3 rings (SSSR count). The van der Waals surface area contributed by atoms with Gasteiger partial charge in [0, 0.05) is 6.42 Å². The number of hydrogen-bond acceptors (Lipinski definition) is 18. The van der Waals surface area contributed by atoms with E-state index in [1.807, 2.05) is 0 Å². The fourth-order valence-corrected chi connectivity index (χ4v) is 7.72. The molecule has 3 heterocycles. The minimum absolute atomic E-state index is 0.255. The third-order valence-electron chi connectivity index (χ3n) is 11.6. The van der Waals surface area contributed by atoms with Crippen molar-refractivity contribution in [2.45, 2.75) is 221 Å². The van der Waals surface area contributed by atoms with E-state index in [1.54, 1.807) is 0 Å². The molecule has 358 valence electrons. The molecule has 3 saturated heterocycles. The van der Waals surface area contributed by atoms with Crippen LogP contribution in [0, 0.1) is 0 Å². The molecule has 12 N–H and O–H groups in total. The Morgan fingerprint density at radius 2 is 1.07 bits per heavy atom. The lowest BCUT2D eigenvalue weighted by atomic mass is 9.96. The van der Waals surface area contributed by atoms with Crippen molar-refractivity contribution in [2.24, 2.45) is 0 Å². The minimum atomic E-state index is -1.97. The summed E-state index contributed by atoms with van der Waals surface area (Å²) in [7, 11) is 0. The molecule has 17 unspecified atom stereocenters. The molecule has 19 heteroatoms. The van der Waals surface area contributed by atoms with Gasteiger partial charge in [0.25, 0.3) is 0 Å². The van der Waals surface area contributed by atoms with Gasteiger partial charge in [0.2, 0.25) is 5.91 Å². The van der Waals surface area contributed by atoms with Gasteiger partial charge >= 0.3 is 0 Å². The Balaban J connectivity index is 1.59. The van der Waals surface area contributed by atoms with Crippen LogP contribution in [0.1, 0.15) is 117 Å². The number of nitrogens with one attached hydrogen (secondary N) is 1. The predicted octanol–water partition coefficient (Wildman–Crippen LogP) is -0.865. The molecule has 0 aromatic rings. The highest BCUT2D eigenvalue weighted by Crippen LogP contribution is 2.33. The number of aliphatic hydroxyl groups is 11. The standard InChI is InChI=1S/C42H77NO18/c1-3-5-7-9-11-12-13-14-16-18-20-30(48)43-25(26(47)19-17-15-10-8-6-4-2)24-56-40-36(54)33(51)38(28(22-45)58-40)61-42-37(55)34(52)39(29(23-46)59-42)60-41-35(53)32(50)31(49)27(21-44)57-41/h7,9,25-29,31-42,44-47,49-55H,3-6,8,10-24H2,1-2H3,(H,43,48)/b9-7-. The number of amides is 1. The predicted molar refractivity (Wildman–Crippen MR) is 217 cm³/mol. The Hall–Kier alpha value is -1.47. The van der Waals surface area contributed by atoms with Crippen LogP contribution in [0.25, 0.3) is 0 Å². The van der Waals surface area contributed by atoms with Crippen LogP contribution in [0.5, 0.6) is 0 Å². The van der Waals surface area contributed by atoms with Crippen molar-refractivity contribution < 1.29 is 89.4 Å². The molecule has 17 atom stereocenters. The average Bonchev–Trinajstić information content (AvgIpc) is 3.25. The Kier molecular flexibility index (Phi) is 25.7. The van der Waals surface area contributed by atoms with Crippen molar-refractivity contribution in [2.75, 3.05) is 26.4 Å². The zero-order valence-corrected chi connectivity index (χ0v) is 35.9. The molecule has 61 heavy (non-hydrogen) atoms. The minimum Gasteiger partial charge on any atom is -0.394 e. The Labute approximate surface area is 359 Å². The van der Waals surface area contributed by atoms with E-state index < -0.39 is 124 Å². The van der Waals surface area contributed by atoms with Crippen LogP contribution in [0.2, 0.25) is 0 Å². The van der Waals surface area contributed by atoms with Crippen molar-refractivity contribution >= 4 is 5.91 Å². The topological polar surface area (TPSA) is 307 Å². The number of carbonyl (C=O) groups excluding carboxylic acids is 1. The number of carbonyl (C=O) groups is 1. The van der Waals surface area contributed by atoms with Crippen LogP contribution in [0.4, 0.5) is 0 Å². The van der Waals surface area contributed by atoms with Crippen molar-refractivity contribution in [3.63, 3.8) is 0 Å². The van der Waals surface area contributed by atoms with Gasteiger partial charge < -0.3 is 89.9 Å². The highest BCUT2D eigenvalue weighted by atomic mass is 16.8. The lowest BCUT2D eigenvalue weighted by Gasteiger charge is -2.48. The Morgan fingerprint density at radius 1 is 0.574 bits per heavy atom. The molecular formula is C42H77NO18. The monoisotopic (exact) mass is 884 g/mol. The van der Waals surface area contributed by atoms with E-state index in [2.05, 4.69) is 31.3 Å². The first kappa shape index (κ1) is 53.9. The lowest BCUT2D eigenvalue weighted by Crippen LogP contribution is -2.66. The second kappa shape index (κ2) is 29.1. The number of aliphatic hydroxyl groups excluding tert-OH is 11. The van der Waals surface area contributed by atoms with Crippen molar-refractivity contribution in [1.82, 2.24) is 5.32 Å². The molecule has 3 aliphatic heterocycles. The van der Waals surface area contributed by atoms with Crippen LogP contribution in [-0.4, -0.2) is 193 Å². The fraction of sp³-hybridized carbons (Fsp3) is 0.929. The van der Waals surface area contributed by atoms with Crippen molar-refractivity contribution in [1.29, 1.82) is 0 Å². The first-order chi connectivity index (χ1) is 29.3. The summed E-state index contributed by atoms with van der Waals surface area (Å²) in [6.07, 6.45) is -7.42. The lowest BCUT2D eigenvalue weighted by molar-refractivity contribution is -0.379. The zero-order chi connectivity index (χ0) is 44.9. The third-order valence-corrected chi connectivity index (χ3v) is 11.6. The quantitative estimate of drug-likeness (QED) is 0.0321. The molecule has 0 aromatic heterocycles. The highest BCUT2D eigenvalue weighted by molar-refractivity contribution is 5.76. The normalized spacial score (nSPS) is 35.7. The number of allylic oxidation sites excluding steroid dienone is 2. The van der Waals surface area contributed by atoms with Gasteiger partial charge in [0.05, 0.1) is 38.6 Å². The number of hydrogen-bond donors (Lipinski definition) is 12. The SMILES string of the molecule is CCC/C=C\CCCCCCCC(=O)NC(COC1OC(CO)C(OC2OC(CO)C(OC3OC(CO)C(O)C(O)C3O)C(O)C2O)C(O)C1O)C(O)CCCCCCCC. The number of rotatable bonds is 29. The maximum absolute atomic E-state index is 13.0. The van der Waals surface area contributed by atoms with Crippen LogP contribution in [0.3, 0.4) is 0 Å². The van der Waals surface area contributed by atoms with Crippen molar-refractivity contribution in [3.05, 3.63) is 12.2 Å². The van der Waals surface area contributed by atoms with Gasteiger partial charge in [0.15, 0.2) is 18.9 Å². The summed E-state index contributed by atoms with van der Waals surface area (Å²) in [4.78, 5) is 13.0. The Bertz CT molecular complexity index is 1200. The van der Waals surface area contributed by atoms with E-state index in [-0.39, 0.29) is 18.9 Å². The molecule has 0 saturated carbocycles. The molecule has 0 radical (unpaired) electrons. The van der Waals surface area contributed by atoms with Gasteiger partial charge in [0.1, 0.15) is 73.2 Å². The van der Waals surface area contributed by atoms with E-state index >= 15 is 0 Å². The van der Waals surface area contributed by atoms with Crippen LogP contribution < -0.4 is 5.32 Å². The summed E-state index contributed by atoms with van der Waals surface area (Å²) in [6, 6.07) is -0.881. The molecule has 3 aliphatic rings. The average molecular weight is 884 g/mol. The molecule has 0 bridgehead atoms. The molecular weight excluding hydrogens is 806 g/mol. The second-order valence-electron chi connectivity index (χ2n) is 16.5. The van der Waals surface area contributed by atoms with Crippen molar-refractivity contribution in [3.8, 4) is 0 Å². The summed E-state index contributed by atoms with van der Waals surface area (Å²) in [6.45, 7) is 1.57. The third kappa shape index (κ3) is 16.8. The van der Waals surface area contributed by atoms with Gasteiger partial charge in [-0.1, -0.05) is 90.2 Å². The molecule has 19 nitrogen and oxygen atoms in total. The summed E-state index contributed by atoms with van der Waals surface area (Å²) >= 11 is 0. The van der Waals surface area contributed by atoms with E-state index in [0.717, 1.165) is 83.5 Å². The summed E-state index contributed by atoms with van der Waals surface area (Å²) < 4.78 is 33.9. The molecule has 0 aliphatic carbocycles. The fourth-order valence-electron chi connectivity index (χ4n) is 7.72. The van der Waals surface area contributed by atoms with Gasteiger partial charge in [-0.25, -0.2) is 0 Å². The van der Waals surface area contributed by atoms with E-state index in [4.69, 9.17) is 28.4 Å². The second-order valence-corrected chi connectivity index (χ2v) is 16.5. The summed E-state index contributed by atoms with van der Waals surface area (Å²) in [5, 5.41) is 119. The van der Waals surface area contributed by atoms with Gasteiger partial charge in [-0.3, -0.25) is 4.79 Å². The number of unbranched alkanes of at least 4 members (excludes halogenated alkanes) is 11. The number of ether oxygens (including phenoxy) is 6. The summed E-state index contributed by atoms with van der Waals surface area (Å²) in [5.74, 6) is -0.264. The molecule has 1 amide bonds. The van der Waals surface area contributed by atoms with E-state index in [9.17, 15) is 61.0 Å². The van der Waals surface area contributed by atoms with Gasteiger partial charge in [-0.05, 0) is 32.1 Å². The largest absolute Gasteiger partial charge is 0.394 e. The smallest absolute Gasteiger partial charge is 0.220 e. The highest BCUT2D eigenvalue weighted by Gasteiger charge is 2.53. The Morgan fingerprint density at radius 3 is 1.66 bits per heavy atom. The molecule has 3 fully saturated rings. The molecule has 0 aromatic carbocycles. The van der Waals surface area contributed by atoms with Crippen LogP contribution in [0.15, 0.2) is 12.2 Å². The van der Waals surface area contributed by atoms with Gasteiger partial charge in [-0.2, -0.15) is 0 Å². The van der Waals surface area contributed by atoms with E-state index in [0.29, 0.717) is 12.8 Å². The van der Waals surface area contributed by atoms with Crippen LogP contribution >= 0.6 is 0 Å². The van der Waals surface area contributed by atoms with E-state index in [1.165, 1.54) is 0 Å². The van der Waals surface area contributed by atoms with Crippen LogP contribution in [-0.2, 0) is 33.2 Å². The maximum atomic E-state index is 13.0. The first-order valence-corrected chi connectivity index (χ1v) is 22.4.